The van der Waals surface area contributed by atoms with E-state index in [0.29, 0.717) is 23.0 Å². The number of rotatable bonds is 5. The zero-order chi connectivity index (χ0) is 17.2. The Bertz CT molecular complexity index is 903. The SMILES string of the molecule is CCNC(=O)C(C)NS(=O)(=O)c1ccc2[nH]c(=O)c(C)cc2c1. The molecule has 7 nitrogen and oxygen atoms in total. The average Bonchev–Trinajstić information content (AvgIpc) is 2.47. The molecular weight excluding hydrogens is 318 g/mol. The van der Waals surface area contributed by atoms with Crippen molar-refractivity contribution < 1.29 is 13.2 Å². The van der Waals surface area contributed by atoms with Crippen LogP contribution in [0.1, 0.15) is 19.4 Å². The molecular formula is C15H19N3O4S. The molecule has 1 atom stereocenters. The van der Waals surface area contributed by atoms with E-state index in [1.807, 2.05) is 0 Å². The van der Waals surface area contributed by atoms with Gasteiger partial charge in [0, 0.05) is 17.6 Å². The van der Waals surface area contributed by atoms with E-state index < -0.39 is 22.0 Å². The molecule has 0 aliphatic heterocycles. The Morgan fingerprint density at radius 2 is 2.00 bits per heavy atom. The molecule has 0 fully saturated rings. The van der Waals surface area contributed by atoms with Crippen molar-refractivity contribution in [1.29, 1.82) is 0 Å². The van der Waals surface area contributed by atoms with Crippen LogP contribution in [0.5, 0.6) is 0 Å². The molecule has 0 saturated heterocycles. The molecule has 2 rings (SSSR count). The second-order valence-corrected chi connectivity index (χ2v) is 6.98. The maximum atomic E-state index is 12.4. The van der Waals surface area contributed by atoms with Crippen LogP contribution >= 0.6 is 0 Å². The lowest BCUT2D eigenvalue weighted by Crippen LogP contribution is -2.44. The molecule has 1 heterocycles. The molecule has 0 saturated carbocycles. The number of amides is 1. The van der Waals surface area contributed by atoms with Gasteiger partial charge in [-0.3, -0.25) is 9.59 Å². The number of aryl methyl sites for hydroxylation is 1. The van der Waals surface area contributed by atoms with Crippen molar-refractivity contribution in [2.24, 2.45) is 0 Å². The minimum Gasteiger partial charge on any atom is -0.355 e. The second kappa shape index (κ2) is 6.51. The van der Waals surface area contributed by atoms with Crippen LogP contribution in [0.15, 0.2) is 34.0 Å². The molecule has 3 N–H and O–H groups in total. The fraction of sp³-hybridized carbons (Fsp3) is 0.333. The number of nitrogens with one attached hydrogen (secondary N) is 3. The van der Waals surface area contributed by atoms with Crippen molar-refractivity contribution in [3.05, 3.63) is 40.2 Å². The first kappa shape index (κ1) is 17.2. The van der Waals surface area contributed by atoms with E-state index in [9.17, 15) is 18.0 Å². The Kier molecular flexibility index (Phi) is 4.86. The van der Waals surface area contributed by atoms with Crippen molar-refractivity contribution in [3.63, 3.8) is 0 Å². The van der Waals surface area contributed by atoms with Crippen LogP contribution in [0.2, 0.25) is 0 Å². The van der Waals surface area contributed by atoms with Gasteiger partial charge in [-0.05, 0) is 50.4 Å². The van der Waals surface area contributed by atoms with E-state index in [4.69, 9.17) is 0 Å². The van der Waals surface area contributed by atoms with Crippen LogP contribution < -0.4 is 15.6 Å². The molecule has 1 unspecified atom stereocenters. The fourth-order valence-corrected chi connectivity index (χ4v) is 3.38. The Balaban J connectivity index is 2.36. The van der Waals surface area contributed by atoms with Crippen LogP contribution in [-0.2, 0) is 14.8 Å². The fourth-order valence-electron chi connectivity index (χ4n) is 2.14. The van der Waals surface area contributed by atoms with Gasteiger partial charge >= 0.3 is 0 Å². The maximum absolute atomic E-state index is 12.4. The Morgan fingerprint density at radius 1 is 1.30 bits per heavy atom. The molecule has 0 bridgehead atoms. The number of pyridine rings is 1. The largest absolute Gasteiger partial charge is 0.355 e. The number of fused-ring (bicyclic) bond motifs is 1. The van der Waals surface area contributed by atoms with Crippen LogP contribution in [0.3, 0.4) is 0 Å². The monoisotopic (exact) mass is 337 g/mol. The zero-order valence-corrected chi connectivity index (χ0v) is 14.0. The summed E-state index contributed by atoms with van der Waals surface area (Å²) in [6, 6.07) is 5.13. The van der Waals surface area contributed by atoms with Crippen molar-refractivity contribution in [1.82, 2.24) is 15.0 Å². The first-order valence-corrected chi connectivity index (χ1v) is 8.66. The highest BCUT2D eigenvalue weighted by molar-refractivity contribution is 7.89. The summed E-state index contributed by atoms with van der Waals surface area (Å²) in [7, 11) is -3.84. The van der Waals surface area contributed by atoms with Gasteiger partial charge in [0.2, 0.25) is 15.9 Å². The van der Waals surface area contributed by atoms with Gasteiger partial charge in [0.1, 0.15) is 0 Å². The number of carbonyl (C=O) groups is 1. The van der Waals surface area contributed by atoms with Gasteiger partial charge in [-0.1, -0.05) is 0 Å². The summed E-state index contributed by atoms with van der Waals surface area (Å²) in [6.45, 7) is 5.30. The highest BCUT2D eigenvalue weighted by Crippen LogP contribution is 2.17. The Labute approximate surface area is 134 Å². The molecule has 23 heavy (non-hydrogen) atoms. The van der Waals surface area contributed by atoms with Crippen molar-refractivity contribution >= 4 is 26.8 Å². The molecule has 0 radical (unpaired) electrons. The number of carbonyl (C=O) groups excluding carboxylic acids is 1. The molecule has 0 aliphatic rings. The van der Waals surface area contributed by atoms with Gasteiger partial charge in [0.15, 0.2) is 0 Å². The number of benzene rings is 1. The number of hydrogen-bond acceptors (Lipinski definition) is 4. The van der Waals surface area contributed by atoms with Gasteiger partial charge in [-0.25, -0.2) is 8.42 Å². The molecule has 0 spiro atoms. The summed E-state index contributed by atoms with van der Waals surface area (Å²) in [5.74, 6) is -0.392. The first-order chi connectivity index (χ1) is 10.7. The van der Waals surface area contributed by atoms with E-state index in [1.165, 1.54) is 25.1 Å². The van der Waals surface area contributed by atoms with Gasteiger partial charge in [-0.2, -0.15) is 4.72 Å². The third-order valence-electron chi connectivity index (χ3n) is 3.39. The molecule has 0 aliphatic carbocycles. The van der Waals surface area contributed by atoms with Crippen LogP contribution in [-0.4, -0.2) is 31.9 Å². The summed E-state index contributed by atoms with van der Waals surface area (Å²) in [5.41, 5.74) is 0.836. The number of H-pyrrole nitrogens is 1. The Hall–Kier alpha value is -2.19. The maximum Gasteiger partial charge on any atom is 0.251 e. The molecule has 2 aromatic rings. The van der Waals surface area contributed by atoms with Gasteiger partial charge < -0.3 is 10.3 Å². The summed E-state index contributed by atoms with van der Waals surface area (Å²) in [4.78, 5) is 25.9. The van der Waals surface area contributed by atoms with E-state index in [-0.39, 0.29) is 10.5 Å². The van der Waals surface area contributed by atoms with Crippen LogP contribution in [0.25, 0.3) is 10.9 Å². The van der Waals surface area contributed by atoms with Crippen molar-refractivity contribution in [2.75, 3.05) is 6.54 Å². The molecule has 8 heteroatoms. The Morgan fingerprint density at radius 3 is 2.65 bits per heavy atom. The van der Waals surface area contributed by atoms with Gasteiger partial charge in [0.25, 0.3) is 5.56 Å². The van der Waals surface area contributed by atoms with E-state index in [2.05, 4.69) is 15.0 Å². The summed E-state index contributed by atoms with van der Waals surface area (Å²) in [6.07, 6.45) is 0. The van der Waals surface area contributed by atoms with E-state index >= 15 is 0 Å². The smallest absolute Gasteiger partial charge is 0.251 e. The molecule has 1 aromatic heterocycles. The number of aromatic nitrogens is 1. The number of hydrogen-bond donors (Lipinski definition) is 3. The first-order valence-electron chi connectivity index (χ1n) is 7.18. The average molecular weight is 337 g/mol. The third-order valence-corrected chi connectivity index (χ3v) is 4.93. The second-order valence-electron chi connectivity index (χ2n) is 5.27. The standard InChI is InChI=1S/C15H19N3O4S/c1-4-16-15(20)10(3)18-23(21,22)12-5-6-13-11(8-12)7-9(2)14(19)17-13/h5-8,10,18H,4H2,1-3H3,(H,16,20)(H,17,19). The quantitative estimate of drug-likeness (QED) is 0.744. The van der Waals surface area contributed by atoms with Crippen molar-refractivity contribution in [3.8, 4) is 0 Å². The molecule has 1 aromatic carbocycles. The highest BCUT2D eigenvalue weighted by Gasteiger charge is 2.21. The van der Waals surface area contributed by atoms with Gasteiger partial charge in [0.05, 0.1) is 10.9 Å². The van der Waals surface area contributed by atoms with Crippen LogP contribution in [0.4, 0.5) is 0 Å². The normalized spacial score (nSPS) is 13.0. The topological polar surface area (TPSA) is 108 Å². The minimum atomic E-state index is -3.84. The van der Waals surface area contributed by atoms with Crippen molar-refractivity contribution in [2.45, 2.75) is 31.7 Å². The van der Waals surface area contributed by atoms with E-state index in [0.717, 1.165) is 0 Å². The number of sulfonamides is 1. The summed E-state index contributed by atoms with van der Waals surface area (Å²) >= 11 is 0. The predicted octanol–water partition coefficient (Wildman–Crippen LogP) is 0.639. The van der Waals surface area contributed by atoms with Gasteiger partial charge in [-0.15, -0.1) is 0 Å². The molecule has 124 valence electrons. The predicted molar refractivity (Wildman–Crippen MR) is 87.8 cm³/mol. The minimum absolute atomic E-state index is 0.0348. The number of aromatic amines is 1. The lowest BCUT2D eigenvalue weighted by molar-refractivity contribution is -0.122. The van der Waals surface area contributed by atoms with Crippen LogP contribution in [0, 0.1) is 6.92 Å². The summed E-state index contributed by atoms with van der Waals surface area (Å²) < 4.78 is 27.1. The lowest BCUT2D eigenvalue weighted by atomic mass is 10.2. The van der Waals surface area contributed by atoms with E-state index in [1.54, 1.807) is 19.9 Å². The summed E-state index contributed by atoms with van der Waals surface area (Å²) in [5, 5.41) is 3.16. The number of likely N-dealkylation sites (N-methyl/N-ethyl adjacent to an activating group) is 1. The highest BCUT2D eigenvalue weighted by atomic mass is 32.2. The zero-order valence-electron chi connectivity index (χ0n) is 13.1. The third kappa shape index (κ3) is 3.77. The molecule has 1 amide bonds. The lowest BCUT2D eigenvalue weighted by Gasteiger charge is -2.14.